The molecule has 7 heteroatoms. The minimum Gasteiger partial charge on any atom is -0.268 e. The maximum atomic E-state index is 13.2. The van der Waals surface area contributed by atoms with E-state index in [4.69, 9.17) is 11.6 Å². The van der Waals surface area contributed by atoms with Crippen molar-refractivity contribution in [2.45, 2.75) is 0 Å². The molecule has 6 nitrogen and oxygen atoms in total. The van der Waals surface area contributed by atoms with Crippen LogP contribution in [0.1, 0.15) is 0 Å². The molecule has 4 aromatic rings. The molecule has 1 aromatic heterocycles. The van der Waals surface area contributed by atoms with Crippen LogP contribution in [0.4, 0.5) is 5.69 Å². The summed E-state index contributed by atoms with van der Waals surface area (Å²) >= 11 is 6.34. The molecule has 1 heterocycles. The number of hydrogen-bond donors (Lipinski definition) is 0. The van der Waals surface area contributed by atoms with Gasteiger partial charge in [0.15, 0.2) is 0 Å². The molecule has 0 aliphatic carbocycles. The highest BCUT2D eigenvalue weighted by Crippen LogP contribution is 2.28. The van der Waals surface area contributed by atoms with E-state index in [1.807, 2.05) is 6.07 Å². The molecule has 0 fully saturated rings. The Labute approximate surface area is 158 Å². The molecule has 0 unspecified atom stereocenters. The number of rotatable bonds is 3. The Hall–Kier alpha value is -3.51. The molecular formula is C20H12ClN3O3. The van der Waals surface area contributed by atoms with Gasteiger partial charge in [0, 0.05) is 17.7 Å². The zero-order valence-electron chi connectivity index (χ0n) is 13.9. The third kappa shape index (κ3) is 2.96. The molecule has 0 spiro atoms. The van der Waals surface area contributed by atoms with E-state index in [1.165, 1.54) is 28.8 Å². The van der Waals surface area contributed by atoms with Crippen LogP contribution < -0.4 is 5.56 Å². The van der Waals surface area contributed by atoms with Gasteiger partial charge < -0.3 is 0 Å². The lowest BCUT2D eigenvalue weighted by Crippen LogP contribution is -2.22. The smallest absolute Gasteiger partial charge is 0.268 e. The minimum absolute atomic E-state index is 0.0557. The van der Waals surface area contributed by atoms with Gasteiger partial charge in [-0.3, -0.25) is 19.5 Å². The topological polar surface area (TPSA) is 78.0 Å². The van der Waals surface area contributed by atoms with Crippen LogP contribution in [-0.2, 0) is 0 Å². The van der Waals surface area contributed by atoms with E-state index in [9.17, 15) is 14.9 Å². The van der Waals surface area contributed by atoms with Crippen molar-refractivity contribution in [3.63, 3.8) is 0 Å². The maximum Gasteiger partial charge on any atom is 0.269 e. The van der Waals surface area contributed by atoms with Crippen LogP contribution in [0.5, 0.6) is 0 Å². The van der Waals surface area contributed by atoms with Crippen LogP contribution in [0.2, 0.25) is 5.02 Å². The van der Waals surface area contributed by atoms with Gasteiger partial charge in [-0.2, -0.15) is 0 Å². The van der Waals surface area contributed by atoms with Crippen molar-refractivity contribution in [3.8, 4) is 17.1 Å². The van der Waals surface area contributed by atoms with Crippen molar-refractivity contribution in [3.05, 3.63) is 98.3 Å². The van der Waals surface area contributed by atoms with Gasteiger partial charge in [-0.25, -0.2) is 4.98 Å². The zero-order valence-corrected chi connectivity index (χ0v) is 14.6. The molecule has 0 saturated carbocycles. The third-order valence-electron chi connectivity index (χ3n) is 4.21. The molecule has 4 rings (SSSR count). The van der Waals surface area contributed by atoms with E-state index in [2.05, 4.69) is 4.98 Å². The molecular weight excluding hydrogens is 366 g/mol. The van der Waals surface area contributed by atoms with Gasteiger partial charge in [0.1, 0.15) is 5.82 Å². The van der Waals surface area contributed by atoms with E-state index in [-0.39, 0.29) is 11.2 Å². The van der Waals surface area contributed by atoms with Crippen molar-refractivity contribution in [2.75, 3.05) is 0 Å². The summed E-state index contributed by atoms with van der Waals surface area (Å²) in [5.74, 6) is 0.373. The SMILES string of the molecule is O=c1c2ccccc2nc(-c2ccccc2Cl)n1-c1ccc([N+](=O)[O-])cc1. The number of nitro groups is 1. The van der Waals surface area contributed by atoms with Gasteiger partial charge in [0.2, 0.25) is 0 Å². The fourth-order valence-electron chi connectivity index (χ4n) is 2.92. The lowest BCUT2D eigenvalue weighted by Gasteiger charge is -2.14. The average molecular weight is 378 g/mol. The van der Waals surface area contributed by atoms with Crippen molar-refractivity contribution in [1.82, 2.24) is 9.55 Å². The number of non-ortho nitro benzene ring substituents is 1. The lowest BCUT2D eigenvalue weighted by atomic mass is 10.1. The van der Waals surface area contributed by atoms with Gasteiger partial charge >= 0.3 is 0 Å². The first-order valence-corrected chi connectivity index (χ1v) is 8.45. The Morgan fingerprint density at radius 1 is 0.926 bits per heavy atom. The fraction of sp³-hybridized carbons (Fsp3) is 0. The second-order valence-corrected chi connectivity index (χ2v) is 6.25. The Kier molecular flexibility index (Phi) is 4.18. The van der Waals surface area contributed by atoms with E-state index in [0.29, 0.717) is 33.0 Å². The predicted octanol–water partition coefficient (Wildman–Crippen LogP) is 4.61. The summed E-state index contributed by atoms with van der Waals surface area (Å²) in [5, 5.41) is 11.8. The number of nitrogens with zero attached hydrogens (tertiary/aromatic N) is 3. The van der Waals surface area contributed by atoms with Gasteiger partial charge in [0.25, 0.3) is 11.2 Å². The highest BCUT2D eigenvalue weighted by atomic mass is 35.5. The summed E-state index contributed by atoms with van der Waals surface area (Å²) < 4.78 is 1.42. The van der Waals surface area contributed by atoms with Gasteiger partial charge in [-0.05, 0) is 36.4 Å². The van der Waals surface area contributed by atoms with Crippen molar-refractivity contribution in [2.24, 2.45) is 0 Å². The first kappa shape index (κ1) is 16.9. The summed E-state index contributed by atoms with van der Waals surface area (Å²) in [4.78, 5) is 28.3. The Morgan fingerprint density at radius 3 is 2.30 bits per heavy atom. The van der Waals surface area contributed by atoms with E-state index in [1.54, 1.807) is 42.5 Å². The Bertz CT molecular complexity index is 1230. The van der Waals surface area contributed by atoms with Crippen LogP contribution >= 0.6 is 11.6 Å². The molecule has 3 aromatic carbocycles. The van der Waals surface area contributed by atoms with Crippen molar-refractivity contribution < 1.29 is 4.92 Å². The second kappa shape index (κ2) is 6.66. The van der Waals surface area contributed by atoms with Gasteiger partial charge in [-0.1, -0.05) is 35.9 Å². The molecule has 0 aliphatic rings. The Balaban J connectivity index is 2.07. The van der Waals surface area contributed by atoms with Gasteiger partial charge in [-0.15, -0.1) is 0 Å². The van der Waals surface area contributed by atoms with Crippen LogP contribution in [0.25, 0.3) is 28.0 Å². The van der Waals surface area contributed by atoms with Gasteiger partial charge in [0.05, 0.1) is 26.5 Å². The monoisotopic (exact) mass is 377 g/mol. The summed E-state index contributed by atoms with van der Waals surface area (Å²) in [5.41, 5.74) is 1.29. The van der Waals surface area contributed by atoms with Crippen LogP contribution in [-0.4, -0.2) is 14.5 Å². The van der Waals surface area contributed by atoms with E-state index >= 15 is 0 Å². The minimum atomic E-state index is -0.486. The molecule has 27 heavy (non-hydrogen) atoms. The summed E-state index contributed by atoms with van der Waals surface area (Å²) in [6.45, 7) is 0. The molecule has 0 N–H and O–H groups in total. The standard InChI is InChI=1S/C20H12ClN3O3/c21-17-7-3-1-5-15(17)19-22-18-8-4-2-6-16(18)20(25)23(19)13-9-11-14(12-10-13)24(26)27/h1-12H. The molecule has 0 bridgehead atoms. The molecule has 0 aliphatic heterocycles. The normalized spacial score (nSPS) is 10.9. The molecule has 0 amide bonds. The molecule has 0 radical (unpaired) electrons. The molecule has 132 valence electrons. The number of benzene rings is 3. The van der Waals surface area contributed by atoms with Crippen LogP contribution in [0.3, 0.4) is 0 Å². The summed E-state index contributed by atoms with van der Waals surface area (Å²) in [6, 6.07) is 19.9. The average Bonchev–Trinajstić information content (AvgIpc) is 2.68. The highest BCUT2D eigenvalue weighted by Gasteiger charge is 2.17. The maximum absolute atomic E-state index is 13.2. The first-order chi connectivity index (χ1) is 13.1. The third-order valence-corrected chi connectivity index (χ3v) is 4.54. The summed E-state index contributed by atoms with van der Waals surface area (Å²) in [7, 11) is 0. The van der Waals surface area contributed by atoms with Crippen LogP contribution in [0.15, 0.2) is 77.6 Å². The number of aromatic nitrogens is 2. The summed E-state index contributed by atoms with van der Waals surface area (Å²) in [6.07, 6.45) is 0. The first-order valence-electron chi connectivity index (χ1n) is 8.08. The largest absolute Gasteiger partial charge is 0.269 e. The number of hydrogen-bond acceptors (Lipinski definition) is 4. The Morgan fingerprint density at radius 2 is 1.59 bits per heavy atom. The van der Waals surface area contributed by atoms with Crippen LogP contribution in [0, 0.1) is 10.1 Å². The molecule has 0 atom stereocenters. The van der Waals surface area contributed by atoms with Crippen molar-refractivity contribution >= 4 is 28.2 Å². The number of fused-ring (bicyclic) bond motifs is 1. The number of para-hydroxylation sites is 1. The number of nitro benzene ring substituents is 1. The van der Waals surface area contributed by atoms with E-state index in [0.717, 1.165) is 0 Å². The predicted molar refractivity (Wildman–Crippen MR) is 104 cm³/mol. The number of halogens is 1. The zero-order chi connectivity index (χ0) is 19.0. The fourth-order valence-corrected chi connectivity index (χ4v) is 3.14. The second-order valence-electron chi connectivity index (χ2n) is 5.85. The lowest BCUT2D eigenvalue weighted by molar-refractivity contribution is -0.384. The highest BCUT2D eigenvalue weighted by molar-refractivity contribution is 6.33. The quantitative estimate of drug-likeness (QED) is 0.385. The molecule has 0 saturated heterocycles. The van der Waals surface area contributed by atoms with E-state index < -0.39 is 4.92 Å². The van der Waals surface area contributed by atoms with Crippen molar-refractivity contribution in [1.29, 1.82) is 0 Å².